The molecule has 0 aliphatic heterocycles. The highest BCUT2D eigenvalue weighted by molar-refractivity contribution is 7.85. The molecule has 0 radical (unpaired) electrons. The van der Waals surface area contributed by atoms with Crippen LogP contribution in [0.15, 0.2) is 40.9 Å². The number of nitrogens with zero attached hydrogens (tertiary/aromatic N) is 2. The molecule has 0 fully saturated rings. The number of nitrogen functional groups attached to an aromatic ring is 1. The molecule has 1 aromatic carbocycles. The zero-order valence-electron chi connectivity index (χ0n) is 15.0. The molecule has 0 saturated heterocycles. The van der Waals surface area contributed by atoms with Crippen LogP contribution < -0.4 is 5.73 Å². The third kappa shape index (κ3) is 4.95. The molecule has 6 heteroatoms. The molecule has 0 unspecified atom stereocenters. The summed E-state index contributed by atoms with van der Waals surface area (Å²) in [5, 5.41) is 0. The van der Waals surface area contributed by atoms with Crippen molar-refractivity contribution in [3.8, 4) is 11.1 Å². The molecule has 0 aliphatic carbocycles. The van der Waals surface area contributed by atoms with Crippen molar-refractivity contribution in [1.29, 1.82) is 0 Å². The normalized spacial score (nSPS) is 13.7. The van der Waals surface area contributed by atoms with Crippen molar-refractivity contribution >= 4 is 22.4 Å². The van der Waals surface area contributed by atoms with E-state index in [0.29, 0.717) is 23.5 Å². The van der Waals surface area contributed by atoms with Gasteiger partial charge in [-0.3, -0.25) is 4.98 Å². The molecular weight excluding hydrogens is 337 g/mol. The summed E-state index contributed by atoms with van der Waals surface area (Å²) in [7, 11) is -1.35. The van der Waals surface area contributed by atoms with Gasteiger partial charge in [0, 0.05) is 17.4 Å². The highest BCUT2D eigenvalue weighted by atomic mass is 32.2. The fraction of sp³-hybridized carbons (Fsp3) is 0.368. The molecule has 1 heterocycles. The smallest absolute Gasteiger partial charge is 0.145 e. The Balaban J connectivity index is 2.47. The molecule has 0 saturated carbocycles. The fourth-order valence-electron chi connectivity index (χ4n) is 2.25. The zero-order chi connectivity index (χ0) is 18.6. The van der Waals surface area contributed by atoms with Crippen molar-refractivity contribution in [2.45, 2.75) is 45.3 Å². The minimum Gasteiger partial charge on any atom is -0.398 e. The molecule has 0 amide bonds. The van der Waals surface area contributed by atoms with Crippen molar-refractivity contribution in [2.75, 3.05) is 5.73 Å². The molecule has 4 nitrogen and oxygen atoms in total. The van der Waals surface area contributed by atoms with Gasteiger partial charge in [0.15, 0.2) is 0 Å². The highest BCUT2D eigenvalue weighted by Gasteiger charge is 2.20. The number of rotatable bonds is 5. The monoisotopic (exact) mass is 361 g/mol. The Morgan fingerprint density at radius 1 is 1.28 bits per heavy atom. The minimum atomic E-state index is -1.35. The van der Waals surface area contributed by atoms with Crippen molar-refractivity contribution in [3.05, 3.63) is 48.0 Å². The summed E-state index contributed by atoms with van der Waals surface area (Å²) < 4.78 is 29.7. The van der Waals surface area contributed by atoms with Crippen molar-refractivity contribution < 1.29 is 8.60 Å². The van der Waals surface area contributed by atoms with Gasteiger partial charge >= 0.3 is 0 Å². The lowest BCUT2D eigenvalue weighted by molar-refractivity contribution is 0.628. The van der Waals surface area contributed by atoms with E-state index in [1.807, 2.05) is 39.8 Å². The number of hydrogen-bond donors (Lipinski definition) is 1. The van der Waals surface area contributed by atoms with Gasteiger partial charge < -0.3 is 5.73 Å². The molecule has 134 valence electrons. The maximum atomic E-state index is 13.3. The van der Waals surface area contributed by atoms with E-state index in [-0.39, 0.29) is 5.82 Å². The van der Waals surface area contributed by atoms with E-state index in [1.54, 1.807) is 12.3 Å². The van der Waals surface area contributed by atoms with Crippen LogP contribution in [0.3, 0.4) is 0 Å². The summed E-state index contributed by atoms with van der Waals surface area (Å²) in [6.07, 6.45) is 3.21. The number of benzene rings is 1. The predicted octanol–water partition coefficient (Wildman–Crippen LogP) is 4.52. The Hall–Kier alpha value is -2.08. The quantitative estimate of drug-likeness (QED) is 0.629. The van der Waals surface area contributed by atoms with Crippen LogP contribution in [0, 0.1) is 5.82 Å². The van der Waals surface area contributed by atoms with E-state index < -0.39 is 15.7 Å². The van der Waals surface area contributed by atoms with Gasteiger partial charge in [-0.15, -0.1) is 0 Å². The van der Waals surface area contributed by atoms with E-state index in [0.717, 1.165) is 17.5 Å². The molecule has 0 aliphatic rings. The summed E-state index contributed by atoms with van der Waals surface area (Å²) in [5.74, 6) is -0.371. The first-order valence-corrected chi connectivity index (χ1v) is 9.34. The average Bonchev–Trinajstić information content (AvgIpc) is 2.53. The van der Waals surface area contributed by atoms with Crippen LogP contribution >= 0.6 is 0 Å². The van der Waals surface area contributed by atoms with Crippen LogP contribution in [0.5, 0.6) is 0 Å². The van der Waals surface area contributed by atoms with Gasteiger partial charge in [0.2, 0.25) is 0 Å². The Labute approximate surface area is 151 Å². The Morgan fingerprint density at radius 2 is 2.00 bits per heavy atom. The average molecular weight is 361 g/mol. The maximum Gasteiger partial charge on any atom is 0.145 e. The maximum absolute atomic E-state index is 13.3. The molecule has 1 atom stereocenters. The molecule has 0 bridgehead atoms. The second-order valence-electron chi connectivity index (χ2n) is 6.81. The van der Waals surface area contributed by atoms with Crippen LogP contribution in [0.2, 0.25) is 0 Å². The minimum absolute atomic E-state index is 0.365. The summed E-state index contributed by atoms with van der Waals surface area (Å²) >= 11 is 0. The first-order chi connectivity index (χ1) is 11.7. The third-order valence-corrected chi connectivity index (χ3v) is 5.02. The fourth-order valence-corrected chi connectivity index (χ4v) is 2.91. The van der Waals surface area contributed by atoms with E-state index >= 15 is 0 Å². The van der Waals surface area contributed by atoms with E-state index in [9.17, 15) is 8.60 Å². The molecule has 2 aromatic rings. The van der Waals surface area contributed by atoms with Gasteiger partial charge in [0.05, 0.1) is 16.2 Å². The summed E-state index contributed by atoms with van der Waals surface area (Å²) in [5.41, 5.74) is 9.24. The molecule has 1 aromatic heterocycles. The van der Waals surface area contributed by atoms with E-state index in [1.165, 1.54) is 12.1 Å². The molecule has 0 spiro atoms. The molecule has 25 heavy (non-hydrogen) atoms. The SMILES string of the molecule is CCCC(=N[S@@](=O)C(C)(C)C)c1cc(-c2ccc(F)cc2N)ccn1. The van der Waals surface area contributed by atoms with Gasteiger partial charge in [-0.25, -0.2) is 8.60 Å². The van der Waals surface area contributed by atoms with Gasteiger partial charge in [-0.1, -0.05) is 13.3 Å². The van der Waals surface area contributed by atoms with Crippen LogP contribution in [0.25, 0.3) is 11.1 Å². The van der Waals surface area contributed by atoms with Gasteiger partial charge in [0.1, 0.15) is 16.8 Å². The number of anilines is 1. The summed E-state index contributed by atoms with van der Waals surface area (Å²) in [6, 6.07) is 8.00. The highest BCUT2D eigenvalue weighted by Crippen LogP contribution is 2.27. The molecule has 2 rings (SSSR count). The second-order valence-corrected chi connectivity index (χ2v) is 8.72. The van der Waals surface area contributed by atoms with Gasteiger partial charge in [-0.2, -0.15) is 4.40 Å². The standard InChI is InChI=1S/C19H24FN3OS/c1-5-6-17(23-25(24)19(2,3)4)18-11-13(9-10-22-18)15-8-7-14(20)12-16(15)21/h7-12H,5-6,21H2,1-4H3/t25-/m0/s1. The summed E-state index contributed by atoms with van der Waals surface area (Å²) in [4.78, 5) is 4.39. The lowest BCUT2D eigenvalue weighted by atomic mass is 10.0. The molecular formula is C19H24FN3OS. The van der Waals surface area contributed by atoms with Gasteiger partial charge in [0.25, 0.3) is 0 Å². The van der Waals surface area contributed by atoms with Crippen LogP contribution in [0.4, 0.5) is 10.1 Å². The topological polar surface area (TPSA) is 68.3 Å². The van der Waals surface area contributed by atoms with Crippen LogP contribution in [0.1, 0.15) is 46.2 Å². The third-order valence-electron chi connectivity index (χ3n) is 3.58. The Morgan fingerprint density at radius 3 is 2.60 bits per heavy atom. The number of pyridine rings is 1. The number of halogens is 1. The van der Waals surface area contributed by atoms with Crippen molar-refractivity contribution in [2.24, 2.45) is 4.40 Å². The van der Waals surface area contributed by atoms with E-state index in [2.05, 4.69) is 9.38 Å². The summed E-state index contributed by atoms with van der Waals surface area (Å²) in [6.45, 7) is 7.70. The zero-order valence-corrected chi connectivity index (χ0v) is 15.9. The Bertz CT molecular complexity index is 813. The predicted molar refractivity (Wildman–Crippen MR) is 103 cm³/mol. The lowest BCUT2D eigenvalue weighted by Crippen LogP contribution is -2.21. The largest absolute Gasteiger partial charge is 0.398 e. The van der Waals surface area contributed by atoms with E-state index in [4.69, 9.17) is 5.73 Å². The van der Waals surface area contributed by atoms with Gasteiger partial charge in [-0.05, 0) is 63.1 Å². The Kier molecular flexibility index (Phi) is 6.06. The number of aromatic nitrogens is 1. The van der Waals surface area contributed by atoms with Crippen molar-refractivity contribution in [1.82, 2.24) is 4.98 Å². The lowest BCUT2D eigenvalue weighted by Gasteiger charge is -2.15. The molecule has 2 N–H and O–H groups in total. The first-order valence-electron chi connectivity index (χ1n) is 8.23. The number of nitrogens with two attached hydrogens (primary N) is 1. The van der Waals surface area contributed by atoms with Crippen LogP contribution in [-0.4, -0.2) is 19.7 Å². The second kappa shape index (κ2) is 7.87. The van der Waals surface area contributed by atoms with Crippen LogP contribution in [-0.2, 0) is 11.0 Å². The van der Waals surface area contributed by atoms with Crippen molar-refractivity contribution in [3.63, 3.8) is 0 Å². The number of hydrogen-bond acceptors (Lipinski definition) is 3. The first kappa shape index (κ1) is 19.2.